The van der Waals surface area contributed by atoms with Crippen LogP contribution in [0.3, 0.4) is 0 Å². The van der Waals surface area contributed by atoms with E-state index in [1.807, 2.05) is 24.1 Å². The fourth-order valence-electron chi connectivity index (χ4n) is 1.66. The van der Waals surface area contributed by atoms with Crippen molar-refractivity contribution in [2.45, 2.75) is 20.4 Å². The highest BCUT2D eigenvalue weighted by Gasteiger charge is 2.18. The van der Waals surface area contributed by atoms with Gasteiger partial charge in [0.15, 0.2) is 0 Å². The lowest BCUT2D eigenvalue weighted by Crippen LogP contribution is -2.36. The van der Waals surface area contributed by atoms with Crippen LogP contribution in [0.5, 0.6) is 0 Å². The Balaban J connectivity index is 2.50. The summed E-state index contributed by atoms with van der Waals surface area (Å²) in [5.74, 6) is 0. The lowest BCUT2D eigenvalue weighted by molar-refractivity contribution is 0.207. The third-order valence-corrected chi connectivity index (χ3v) is 2.60. The first-order valence-electron chi connectivity index (χ1n) is 5.28. The van der Waals surface area contributed by atoms with Crippen LogP contribution in [-0.4, -0.2) is 34.6 Å². The first-order chi connectivity index (χ1) is 6.94. The topological polar surface area (TPSA) is 47.1 Å². The fourth-order valence-corrected chi connectivity index (χ4v) is 1.66. The van der Waals surface area contributed by atoms with Gasteiger partial charge in [-0.2, -0.15) is 0 Å². The molecule has 0 saturated carbocycles. The molecule has 0 fully saturated rings. The van der Waals surface area contributed by atoms with E-state index in [-0.39, 0.29) is 5.41 Å². The van der Waals surface area contributed by atoms with E-state index in [0.29, 0.717) is 6.54 Å². The molecular formula is C11H22N4. The second-order valence-corrected chi connectivity index (χ2v) is 5.04. The number of hydrogen-bond donors (Lipinski definition) is 1. The first-order valence-corrected chi connectivity index (χ1v) is 5.28. The van der Waals surface area contributed by atoms with E-state index in [0.717, 1.165) is 13.1 Å². The normalized spacial score (nSPS) is 12.4. The Bertz CT molecular complexity index is 303. The summed E-state index contributed by atoms with van der Waals surface area (Å²) >= 11 is 0. The van der Waals surface area contributed by atoms with Gasteiger partial charge >= 0.3 is 0 Å². The molecule has 0 saturated heterocycles. The van der Waals surface area contributed by atoms with Crippen molar-refractivity contribution < 1.29 is 0 Å². The Morgan fingerprint density at radius 2 is 2.20 bits per heavy atom. The Kier molecular flexibility index (Phi) is 3.88. The highest BCUT2D eigenvalue weighted by Crippen LogP contribution is 2.15. The van der Waals surface area contributed by atoms with E-state index in [9.17, 15) is 0 Å². The monoisotopic (exact) mass is 210 g/mol. The Labute approximate surface area is 92.1 Å². The summed E-state index contributed by atoms with van der Waals surface area (Å²) in [6.07, 6.45) is 3.74. The summed E-state index contributed by atoms with van der Waals surface area (Å²) in [4.78, 5) is 6.38. The van der Waals surface area contributed by atoms with Crippen LogP contribution in [0.1, 0.15) is 19.5 Å². The predicted molar refractivity (Wildman–Crippen MR) is 62.4 cm³/mol. The number of nitrogens with zero attached hydrogens (tertiary/aromatic N) is 3. The summed E-state index contributed by atoms with van der Waals surface area (Å²) in [7, 11) is 4.13. The van der Waals surface area contributed by atoms with Crippen molar-refractivity contribution in [2.24, 2.45) is 18.2 Å². The van der Waals surface area contributed by atoms with Crippen LogP contribution in [0, 0.1) is 5.41 Å². The van der Waals surface area contributed by atoms with Gasteiger partial charge in [0.25, 0.3) is 0 Å². The lowest BCUT2D eigenvalue weighted by atomic mass is 9.93. The molecule has 15 heavy (non-hydrogen) atoms. The Morgan fingerprint density at radius 1 is 1.53 bits per heavy atom. The predicted octanol–water partition coefficient (Wildman–Crippen LogP) is 0.837. The minimum Gasteiger partial charge on any atom is -0.337 e. The molecule has 4 heteroatoms. The van der Waals surface area contributed by atoms with Crippen LogP contribution in [0.25, 0.3) is 0 Å². The van der Waals surface area contributed by atoms with Crippen LogP contribution in [0.2, 0.25) is 0 Å². The molecule has 0 bridgehead atoms. The zero-order valence-electron chi connectivity index (χ0n) is 10.2. The van der Waals surface area contributed by atoms with E-state index in [4.69, 9.17) is 5.73 Å². The van der Waals surface area contributed by atoms with E-state index < -0.39 is 0 Å². The van der Waals surface area contributed by atoms with E-state index in [1.54, 1.807) is 0 Å². The second-order valence-electron chi connectivity index (χ2n) is 5.04. The maximum absolute atomic E-state index is 5.71. The smallest absolute Gasteiger partial charge is 0.0945 e. The highest BCUT2D eigenvalue weighted by atomic mass is 15.1. The number of hydrogen-bond acceptors (Lipinski definition) is 3. The zero-order chi connectivity index (χ0) is 11.5. The molecular weight excluding hydrogens is 188 g/mol. The molecule has 0 radical (unpaired) electrons. The summed E-state index contributed by atoms with van der Waals surface area (Å²) in [5, 5.41) is 0. The summed E-state index contributed by atoms with van der Waals surface area (Å²) in [6.45, 7) is 7.00. The van der Waals surface area contributed by atoms with Gasteiger partial charge in [0, 0.05) is 26.3 Å². The van der Waals surface area contributed by atoms with Crippen molar-refractivity contribution in [2.75, 3.05) is 20.1 Å². The fraction of sp³-hybridized carbons (Fsp3) is 0.727. The maximum atomic E-state index is 5.71. The van der Waals surface area contributed by atoms with Crippen molar-refractivity contribution in [3.05, 3.63) is 18.2 Å². The highest BCUT2D eigenvalue weighted by molar-refractivity contribution is 4.97. The molecule has 0 aromatic carbocycles. The minimum absolute atomic E-state index is 0.174. The van der Waals surface area contributed by atoms with Gasteiger partial charge in [-0.15, -0.1) is 0 Å². The number of nitrogens with two attached hydrogens (primary N) is 1. The molecule has 0 aliphatic rings. The molecule has 0 aliphatic heterocycles. The van der Waals surface area contributed by atoms with Crippen LogP contribution in [0.15, 0.2) is 12.5 Å². The molecule has 2 N–H and O–H groups in total. The number of rotatable bonds is 5. The van der Waals surface area contributed by atoms with E-state index in [2.05, 4.69) is 30.8 Å². The third kappa shape index (κ3) is 3.64. The SMILES string of the molecule is CN(Cc1cncn1C)CC(C)(C)CN. The van der Waals surface area contributed by atoms with Gasteiger partial charge in [-0.1, -0.05) is 13.8 Å². The first kappa shape index (κ1) is 12.2. The van der Waals surface area contributed by atoms with Crippen LogP contribution < -0.4 is 5.73 Å². The van der Waals surface area contributed by atoms with Gasteiger partial charge in [0.05, 0.1) is 12.0 Å². The minimum atomic E-state index is 0.174. The quantitative estimate of drug-likeness (QED) is 0.783. The van der Waals surface area contributed by atoms with E-state index >= 15 is 0 Å². The van der Waals surface area contributed by atoms with Crippen LogP contribution in [-0.2, 0) is 13.6 Å². The van der Waals surface area contributed by atoms with Crippen molar-refractivity contribution in [1.29, 1.82) is 0 Å². The van der Waals surface area contributed by atoms with Crippen LogP contribution >= 0.6 is 0 Å². The summed E-state index contributed by atoms with van der Waals surface area (Å²) in [6, 6.07) is 0. The largest absolute Gasteiger partial charge is 0.337 e. The van der Waals surface area contributed by atoms with Crippen molar-refractivity contribution in [1.82, 2.24) is 14.5 Å². The summed E-state index contributed by atoms with van der Waals surface area (Å²) in [5.41, 5.74) is 7.11. The lowest BCUT2D eigenvalue weighted by Gasteiger charge is -2.28. The van der Waals surface area contributed by atoms with E-state index in [1.165, 1.54) is 5.69 Å². The molecule has 86 valence electrons. The molecule has 0 unspecified atom stereocenters. The Hall–Kier alpha value is -0.870. The number of imidazole rings is 1. The molecule has 0 spiro atoms. The van der Waals surface area contributed by atoms with Gasteiger partial charge in [0.1, 0.15) is 0 Å². The van der Waals surface area contributed by atoms with Crippen molar-refractivity contribution >= 4 is 0 Å². The van der Waals surface area contributed by atoms with Crippen LogP contribution in [0.4, 0.5) is 0 Å². The van der Waals surface area contributed by atoms with Gasteiger partial charge in [-0.3, -0.25) is 4.90 Å². The van der Waals surface area contributed by atoms with Crippen molar-refractivity contribution in [3.63, 3.8) is 0 Å². The molecule has 0 atom stereocenters. The molecule has 1 aromatic heterocycles. The standard InChI is InChI=1S/C11H22N4/c1-11(2,7-12)8-14(3)6-10-5-13-9-15(10)4/h5,9H,6-8,12H2,1-4H3. The van der Waals surface area contributed by atoms with Gasteiger partial charge < -0.3 is 10.3 Å². The molecule has 4 nitrogen and oxygen atoms in total. The molecule has 1 aromatic rings. The molecule has 0 amide bonds. The molecule has 1 rings (SSSR count). The maximum Gasteiger partial charge on any atom is 0.0945 e. The zero-order valence-corrected chi connectivity index (χ0v) is 10.2. The summed E-state index contributed by atoms with van der Waals surface area (Å²) < 4.78 is 2.05. The second kappa shape index (κ2) is 4.77. The third-order valence-electron chi connectivity index (χ3n) is 2.60. The average molecular weight is 210 g/mol. The van der Waals surface area contributed by atoms with Gasteiger partial charge in [0.2, 0.25) is 0 Å². The molecule has 0 aliphatic carbocycles. The Morgan fingerprint density at radius 3 is 2.67 bits per heavy atom. The number of aromatic nitrogens is 2. The molecule has 1 heterocycles. The number of aryl methyl sites for hydroxylation is 1. The van der Waals surface area contributed by atoms with Gasteiger partial charge in [-0.25, -0.2) is 4.98 Å². The van der Waals surface area contributed by atoms with Gasteiger partial charge in [-0.05, 0) is 19.0 Å². The van der Waals surface area contributed by atoms with Crippen molar-refractivity contribution in [3.8, 4) is 0 Å². The average Bonchev–Trinajstić information content (AvgIpc) is 2.51.